The molecule has 4 N–H and O–H groups in total. The standard InChI is InChI=1S/C32H45N7O2/c1-22-11-12-23(17-29(22)39(34)21-27(33)24-10-9-13-35-19-24)31(40)36-28-18-26(32(2,3)4)16-25(30(28)41-8)20-38(7)15-14-37(5)6/h9-13,16-19,21H,14-15,20,33-34H2,1-8H3,(H,36,40)/p-1/b27-21-. The Morgan fingerprint density at radius 3 is 2.41 bits per heavy atom. The maximum Gasteiger partial charge on any atom is 0.148 e. The lowest BCUT2D eigenvalue weighted by atomic mass is 9.85. The summed E-state index contributed by atoms with van der Waals surface area (Å²) in [5.41, 5.74) is 11.8. The molecule has 0 aliphatic carbocycles. The molecule has 0 fully saturated rings. The van der Waals surface area contributed by atoms with Gasteiger partial charge in [0.1, 0.15) is 11.4 Å². The van der Waals surface area contributed by atoms with Crippen LogP contribution in [0, 0.1) is 6.92 Å². The Kier molecular flexibility index (Phi) is 10.5. The molecule has 41 heavy (non-hydrogen) atoms. The summed E-state index contributed by atoms with van der Waals surface area (Å²) in [6.07, 6.45) is 4.96. The van der Waals surface area contributed by atoms with Crippen LogP contribution in [0.25, 0.3) is 5.70 Å². The Balaban J connectivity index is 2.01. The predicted octanol–water partition coefficient (Wildman–Crippen LogP) is 3.77. The maximum absolute atomic E-state index is 13.5. The SMILES string of the molecule is COc1c(CN(C)CCN(C)C)cc(C(C)(C)C)cc1N=C([O-])c1ccc(C)c(N(N)/C=C(\N)c2cccnc2)c1. The minimum atomic E-state index is -0.389. The summed E-state index contributed by atoms with van der Waals surface area (Å²) in [5.74, 6) is 6.58. The van der Waals surface area contributed by atoms with Crippen molar-refractivity contribution in [2.24, 2.45) is 16.6 Å². The number of hydrazine groups is 1. The molecule has 1 heterocycles. The van der Waals surface area contributed by atoms with Gasteiger partial charge in [0.25, 0.3) is 0 Å². The molecule has 0 saturated heterocycles. The van der Waals surface area contributed by atoms with Crippen LogP contribution in [-0.2, 0) is 12.0 Å². The number of ether oxygens (including phenoxy) is 1. The van der Waals surface area contributed by atoms with Crippen molar-refractivity contribution in [1.29, 1.82) is 0 Å². The number of benzene rings is 2. The van der Waals surface area contributed by atoms with Gasteiger partial charge in [0.15, 0.2) is 0 Å². The Morgan fingerprint density at radius 1 is 1.07 bits per heavy atom. The molecule has 9 heteroatoms. The van der Waals surface area contributed by atoms with Gasteiger partial charge in [0.2, 0.25) is 0 Å². The van der Waals surface area contributed by atoms with E-state index in [0.29, 0.717) is 34.9 Å². The largest absolute Gasteiger partial charge is 0.858 e. The van der Waals surface area contributed by atoms with Gasteiger partial charge >= 0.3 is 0 Å². The highest BCUT2D eigenvalue weighted by molar-refractivity contribution is 5.94. The molecular formula is C32H44N7O2-. The normalized spacial score (nSPS) is 12.8. The van der Waals surface area contributed by atoms with Gasteiger partial charge in [0, 0.05) is 49.4 Å². The molecule has 0 atom stereocenters. The zero-order valence-corrected chi connectivity index (χ0v) is 25.6. The van der Waals surface area contributed by atoms with Gasteiger partial charge in [-0.25, -0.2) is 5.84 Å². The molecule has 0 bridgehead atoms. The Morgan fingerprint density at radius 2 is 1.80 bits per heavy atom. The van der Waals surface area contributed by atoms with E-state index in [9.17, 15) is 5.11 Å². The van der Waals surface area contributed by atoms with Crippen molar-refractivity contribution in [1.82, 2.24) is 14.8 Å². The number of aromatic nitrogens is 1. The summed E-state index contributed by atoms with van der Waals surface area (Å²) in [4.78, 5) is 13.0. The van der Waals surface area contributed by atoms with Gasteiger partial charge in [-0.05, 0) is 80.3 Å². The highest BCUT2D eigenvalue weighted by Gasteiger charge is 2.20. The molecular weight excluding hydrogens is 514 g/mol. The first-order valence-corrected chi connectivity index (χ1v) is 13.6. The number of hydrogen-bond acceptors (Lipinski definition) is 9. The Bertz CT molecular complexity index is 1380. The van der Waals surface area contributed by atoms with E-state index in [2.05, 4.69) is 67.8 Å². The van der Waals surface area contributed by atoms with Crippen LogP contribution in [0.4, 0.5) is 11.4 Å². The summed E-state index contributed by atoms with van der Waals surface area (Å²) in [7, 11) is 7.82. The van der Waals surface area contributed by atoms with Crippen molar-refractivity contribution >= 4 is 23.0 Å². The van der Waals surface area contributed by atoms with Crippen LogP contribution in [-0.4, -0.2) is 62.0 Å². The van der Waals surface area contributed by atoms with Gasteiger partial charge in [-0.1, -0.05) is 39.0 Å². The number of anilines is 1. The average Bonchev–Trinajstić information content (AvgIpc) is 2.91. The number of pyridine rings is 1. The highest BCUT2D eigenvalue weighted by atomic mass is 16.5. The first-order chi connectivity index (χ1) is 19.3. The van der Waals surface area contributed by atoms with Crippen molar-refractivity contribution in [3.63, 3.8) is 0 Å². The molecule has 3 rings (SSSR count). The second kappa shape index (κ2) is 13.6. The topological polar surface area (TPSA) is 119 Å². The van der Waals surface area contributed by atoms with Crippen LogP contribution in [0.2, 0.25) is 0 Å². The fraction of sp³-hybridized carbons (Fsp3) is 0.375. The monoisotopic (exact) mass is 558 g/mol. The third-order valence-electron chi connectivity index (χ3n) is 6.81. The molecule has 2 aromatic carbocycles. The van der Waals surface area contributed by atoms with Gasteiger partial charge < -0.3 is 25.4 Å². The first-order valence-electron chi connectivity index (χ1n) is 13.6. The molecule has 0 aliphatic rings. The van der Waals surface area contributed by atoms with E-state index in [1.807, 2.05) is 25.1 Å². The van der Waals surface area contributed by atoms with E-state index in [1.54, 1.807) is 43.9 Å². The summed E-state index contributed by atoms with van der Waals surface area (Å²) in [5, 5.41) is 15.0. The van der Waals surface area contributed by atoms with E-state index in [0.717, 1.165) is 35.3 Å². The maximum atomic E-state index is 13.5. The van der Waals surface area contributed by atoms with E-state index < -0.39 is 0 Å². The lowest BCUT2D eigenvalue weighted by Gasteiger charge is -2.26. The number of nitrogens with zero attached hydrogens (tertiary/aromatic N) is 5. The van der Waals surface area contributed by atoms with Crippen LogP contribution in [0.15, 0.2) is 66.1 Å². The van der Waals surface area contributed by atoms with Gasteiger partial charge in [-0.3, -0.25) is 15.0 Å². The number of rotatable bonds is 11. The van der Waals surface area contributed by atoms with Crippen molar-refractivity contribution in [3.8, 4) is 5.75 Å². The number of nitrogens with two attached hydrogens (primary N) is 2. The summed E-state index contributed by atoms with van der Waals surface area (Å²) in [6.45, 7) is 10.8. The van der Waals surface area contributed by atoms with Crippen molar-refractivity contribution in [3.05, 3.63) is 88.9 Å². The van der Waals surface area contributed by atoms with E-state index in [4.69, 9.17) is 16.3 Å². The molecule has 3 aromatic rings. The summed E-state index contributed by atoms with van der Waals surface area (Å²) in [6, 6.07) is 13.1. The molecule has 0 aliphatic heterocycles. The second-order valence-electron chi connectivity index (χ2n) is 11.6. The third kappa shape index (κ3) is 8.53. The molecule has 0 amide bonds. The molecule has 220 valence electrons. The smallest absolute Gasteiger partial charge is 0.148 e. The number of methoxy groups -OCH3 is 1. The predicted molar refractivity (Wildman–Crippen MR) is 167 cm³/mol. The lowest BCUT2D eigenvalue weighted by Crippen LogP contribution is -2.28. The van der Waals surface area contributed by atoms with Crippen molar-refractivity contribution < 1.29 is 9.84 Å². The molecule has 0 spiro atoms. The molecule has 0 unspecified atom stereocenters. The Hall–Kier alpha value is -3.92. The minimum absolute atomic E-state index is 0.145. The van der Waals surface area contributed by atoms with Gasteiger partial charge in [-0.2, -0.15) is 0 Å². The summed E-state index contributed by atoms with van der Waals surface area (Å²) < 4.78 is 5.84. The van der Waals surface area contributed by atoms with Crippen LogP contribution in [0.3, 0.4) is 0 Å². The molecule has 9 nitrogen and oxygen atoms in total. The zero-order chi connectivity index (χ0) is 30.3. The fourth-order valence-corrected chi connectivity index (χ4v) is 4.30. The average molecular weight is 559 g/mol. The summed E-state index contributed by atoms with van der Waals surface area (Å²) >= 11 is 0. The first kappa shape index (κ1) is 31.6. The van der Waals surface area contributed by atoms with Crippen LogP contribution < -0.4 is 26.4 Å². The lowest BCUT2D eigenvalue weighted by molar-refractivity contribution is -0.212. The quantitative estimate of drug-likeness (QED) is 0.158. The van der Waals surface area contributed by atoms with E-state index >= 15 is 0 Å². The third-order valence-corrected chi connectivity index (χ3v) is 6.81. The number of aryl methyl sites for hydroxylation is 1. The Labute approximate surface area is 244 Å². The second-order valence-corrected chi connectivity index (χ2v) is 11.6. The number of aliphatic imine (C=N–C) groups is 1. The number of likely N-dealkylation sites (N-methyl/N-ethyl adjacent to an activating group) is 2. The van der Waals surface area contributed by atoms with Gasteiger partial charge in [-0.15, -0.1) is 0 Å². The van der Waals surface area contributed by atoms with Crippen molar-refractivity contribution in [2.75, 3.05) is 46.4 Å². The van der Waals surface area contributed by atoms with E-state index in [-0.39, 0.29) is 11.3 Å². The van der Waals surface area contributed by atoms with Crippen LogP contribution in [0.5, 0.6) is 5.75 Å². The van der Waals surface area contributed by atoms with Crippen molar-refractivity contribution in [2.45, 2.75) is 39.7 Å². The minimum Gasteiger partial charge on any atom is -0.858 e. The van der Waals surface area contributed by atoms with E-state index in [1.165, 1.54) is 5.01 Å². The highest BCUT2D eigenvalue weighted by Crippen LogP contribution is 2.38. The molecule has 0 radical (unpaired) electrons. The molecule has 1 aromatic heterocycles. The van der Waals surface area contributed by atoms with Gasteiger partial charge in [0.05, 0.1) is 18.5 Å². The van der Waals surface area contributed by atoms with Crippen LogP contribution in [0.1, 0.15) is 48.6 Å². The number of hydrogen-bond donors (Lipinski definition) is 2. The van der Waals surface area contributed by atoms with Crippen LogP contribution >= 0.6 is 0 Å². The molecule has 0 saturated carbocycles. The fourth-order valence-electron chi connectivity index (χ4n) is 4.30. The zero-order valence-electron chi connectivity index (χ0n) is 25.6.